The number of hydrogen-bond acceptors (Lipinski definition) is 5. The maximum Gasteiger partial charge on any atom is 0.267 e. The van der Waals surface area contributed by atoms with E-state index in [0.717, 1.165) is 22.6 Å². The van der Waals surface area contributed by atoms with Gasteiger partial charge in [-0.25, -0.2) is 8.42 Å². The average Bonchev–Trinajstić information content (AvgIpc) is 3.27. The minimum absolute atomic E-state index is 0.0751. The van der Waals surface area contributed by atoms with Gasteiger partial charge in [0, 0.05) is 37.6 Å². The van der Waals surface area contributed by atoms with Gasteiger partial charge in [-0.05, 0) is 55.1 Å². The van der Waals surface area contributed by atoms with Crippen LogP contribution in [0.15, 0.2) is 64.9 Å². The normalized spacial score (nSPS) is 15.1. The number of benzene rings is 2. The van der Waals surface area contributed by atoms with Crippen LogP contribution in [0.2, 0.25) is 0 Å². The van der Waals surface area contributed by atoms with Crippen molar-refractivity contribution in [3.8, 4) is 0 Å². The van der Waals surface area contributed by atoms with Gasteiger partial charge in [0.25, 0.3) is 5.91 Å². The molecule has 2 aromatic carbocycles. The molecule has 1 aromatic heterocycles. The van der Waals surface area contributed by atoms with Gasteiger partial charge in [-0.2, -0.15) is 4.31 Å². The maximum absolute atomic E-state index is 13.3. The van der Waals surface area contributed by atoms with Crippen LogP contribution in [0.3, 0.4) is 0 Å². The van der Waals surface area contributed by atoms with Crippen LogP contribution in [-0.4, -0.2) is 44.8 Å². The first-order valence-electron chi connectivity index (χ1n) is 10.1. The highest BCUT2D eigenvalue weighted by Gasteiger charge is 2.32. The van der Waals surface area contributed by atoms with Crippen molar-refractivity contribution >= 4 is 38.6 Å². The lowest BCUT2D eigenvalue weighted by Gasteiger charge is -2.35. The number of hydrogen-bond donors (Lipinski definition) is 1. The van der Waals surface area contributed by atoms with E-state index >= 15 is 0 Å². The number of nitrogens with zero attached hydrogens (tertiary/aromatic N) is 2. The molecule has 1 saturated heterocycles. The fourth-order valence-corrected chi connectivity index (χ4v) is 6.36. The van der Waals surface area contributed by atoms with Crippen LogP contribution in [0.5, 0.6) is 0 Å². The lowest BCUT2D eigenvalue weighted by Crippen LogP contribution is -2.48. The van der Waals surface area contributed by atoms with Crippen LogP contribution in [0.4, 0.5) is 11.4 Å². The van der Waals surface area contributed by atoms with Crippen LogP contribution in [0.25, 0.3) is 0 Å². The standard InChI is InChI=1S/C23H25N3O3S2/c1-17-6-8-19(9-7-17)24-23(27)22-21(10-15-30-22)31(28,29)26-13-11-25(12-14-26)20-5-3-4-18(2)16-20/h3-10,15-16H,11-14H2,1-2H3,(H,24,27). The number of sulfonamides is 1. The molecular formula is C23H25N3O3S2. The van der Waals surface area contributed by atoms with Crippen molar-refractivity contribution in [2.75, 3.05) is 36.4 Å². The molecular weight excluding hydrogens is 430 g/mol. The molecule has 1 aliphatic rings. The van der Waals surface area contributed by atoms with Gasteiger partial charge in [0.15, 0.2) is 0 Å². The molecule has 4 rings (SSSR count). The number of carbonyl (C=O) groups is 1. The van der Waals surface area contributed by atoms with Gasteiger partial charge in [0.2, 0.25) is 10.0 Å². The summed E-state index contributed by atoms with van der Waals surface area (Å²) < 4.78 is 28.1. The molecule has 0 aliphatic carbocycles. The summed E-state index contributed by atoms with van der Waals surface area (Å²) in [5.41, 5.74) is 4.00. The first-order chi connectivity index (χ1) is 14.8. The zero-order valence-electron chi connectivity index (χ0n) is 17.5. The molecule has 1 N–H and O–H groups in total. The largest absolute Gasteiger partial charge is 0.369 e. The molecule has 1 fully saturated rings. The van der Waals surface area contributed by atoms with Gasteiger partial charge in [-0.15, -0.1) is 11.3 Å². The molecule has 0 atom stereocenters. The maximum atomic E-state index is 13.3. The van der Waals surface area contributed by atoms with Gasteiger partial charge in [0.1, 0.15) is 9.77 Å². The summed E-state index contributed by atoms with van der Waals surface area (Å²) in [5, 5.41) is 4.45. The summed E-state index contributed by atoms with van der Waals surface area (Å²) in [5.74, 6) is -0.407. The Morgan fingerprint density at radius 1 is 0.935 bits per heavy atom. The molecule has 2 heterocycles. The summed E-state index contributed by atoms with van der Waals surface area (Å²) in [7, 11) is -3.75. The molecule has 162 valence electrons. The third kappa shape index (κ3) is 4.66. The Bertz CT molecular complexity index is 1180. The Hall–Kier alpha value is -2.68. The van der Waals surface area contributed by atoms with Crippen molar-refractivity contribution in [1.29, 1.82) is 0 Å². The number of piperazine rings is 1. The van der Waals surface area contributed by atoms with Gasteiger partial charge >= 0.3 is 0 Å². The third-order valence-corrected chi connectivity index (χ3v) is 8.35. The molecule has 0 saturated carbocycles. The molecule has 0 radical (unpaired) electrons. The van der Waals surface area contributed by atoms with E-state index in [2.05, 4.69) is 16.3 Å². The first-order valence-corrected chi connectivity index (χ1v) is 12.4. The smallest absolute Gasteiger partial charge is 0.267 e. The number of anilines is 2. The van der Waals surface area contributed by atoms with Gasteiger partial charge < -0.3 is 10.2 Å². The molecule has 6 nitrogen and oxygen atoms in total. The average molecular weight is 456 g/mol. The van der Waals surface area contributed by atoms with Gasteiger partial charge in [-0.1, -0.05) is 29.8 Å². The number of amides is 1. The zero-order chi connectivity index (χ0) is 22.0. The topological polar surface area (TPSA) is 69.7 Å². The fraction of sp³-hybridized carbons (Fsp3) is 0.261. The van der Waals surface area contributed by atoms with Crippen LogP contribution < -0.4 is 10.2 Å². The monoisotopic (exact) mass is 455 g/mol. The van der Waals surface area contributed by atoms with E-state index < -0.39 is 15.9 Å². The van der Waals surface area contributed by atoms with Crippen molar-refractivity contribution in [1.82, 2.24) is 4.31 Å². The number of thiophene rings is 1. The highest BCUT2D eigenvalue weighted by Crippen LogP contribution is 2.28. The van der Waals surface area contributed by atoms with Crippen molar-refractivity contribution in [3.63, 3.8) is 0 Å². The quantitative estimate of drug-likeness (QED) is 0.628. The number of nitrogens with one attached hydrogen (secondary N) is 1. The van der Waals surface area contributed by atoms with Crippen molar-refractivity contribution in [3.05, 3.63) is 76.0 Å². The summed E-state index contributed by atoms with van der Waals surface area (Å²) in [6, 6.07) is 17.1. The van der Waals surface area contributed by atoms with E-state index in [1.54, 1.807) is 17.5 Å². The molecule has 0 bridgehead atoms. The summed E-state index contributed by atoms with van der Waals surface area (Å²) in [6.07, 6.45) is 0. The second-order valence-corrected chi connectivity index (χ2v) is 10.5. The lowest BCUT2D eigenvalue weighted by molar-refractivity contribution is 0.102. The van der Waals surface area contributed by atoms with Crippen LogP contribution in [0, 0.1) is 13.8 Å². The van der Waals surface area contributed by atoms with E-state index in [0.29, 0.717) is 31.9 Å². The molecule has 31 heavy (non-hydrogen) atoms. The Morgan fingerprint density at radius 2 is 1.65 bits per heavy atom. The second kappa shape index (κ2) is 8.82. The third-order valence-electron chi connectivity index (χ3n) is 5.37. The number of rotatable bonds is 5. The Morgan fingerprint density at radius 3 is 2.32 bits per heavy atom. The number of carbonyl (C=O) groups excluding carboxylic acids is 1. The van der Waals surface area contributed by atoms with Crippen LogP contribution in [-0.2, 0) is 10.0 Å². The molecule has 0 unspecified atom stereocenters. The molecule has 0 spiro atoms. The minimum atomic E-state index is -3.75. The van der Waals surface area contributed by atoms with Crippen molar-refractivity contribution in [2.45, 2.75) is 18.7 Å². The Labute approximate surface area is 187 Å². The van der Waals surface area contributed by atoms with Crippen molar-refractivity contribution in [2.24, 2.45) is 0 Å². The van der Waals surface area contributed by atoms with Gasteiger partial charge in [-0.3, -0.25) is 4.79 Å². The van der Waals surface area contributed by atoms with E-state index in [1.807, 2.05) is 44.2 Å². The number of aryl methyl sites for hydroxylation is 2. The van der Waals surface area contributed by atoms with Gasteiger partial charge in [0.05, 0.1) is 0 Å². The predicted octanol–water partition coefficient (Wildman–Crippen LogP) is 4.13. The minimum Gasteiger partial charge on any atom is -0.369 e. The lowest BCUT2D eigenvalue weighted by atomic mass is 10.2. The first kappa shape index (κ1) is 21.5. The molecule has 1 amide bonds. The zero-order valence-corrected chi connectivity index (χ0v) is 19.2. The highest BCUT2D eigenvalue weighted by atomic mass is 32.2. The second-order valence-electron chi connectivity index (χ2n) is 7.66. The highest BCUT2D eigenvalue weighted by molar-refractivity contribution is 7.89. The summed E-state index contributed by atoms with van der Waals surface area (Å²) >= 11 is 1.14. The Kier molecular flexibility index (Phi) is 6.13. The van der Waals surface area contributed by atoms with E-state index in [4.69, 9.17) is 0 Å². The molecule has 3 aromatic rings. The predicted molar refractivity (Wildman–Crippen MR) is 126 cm³/mol. The molecule has 8 heteroatoms. The van der Waals surface area contributed by atoms with E-state index in [9.17, 15) is 13.2 Å². The van der Waals surface area contributed by atoms with Crippen molar-refractivity contribution < 1.29 is 13.2 Å². The van der Waals surface area contributed by atoms with Crippen LogP contribution >= 0.6 is 11.3 Å². The van der Waals surface area contributed by atoms with E-state index in [1.165, 1.54) is 15.9 Å². The van der Waals surface area contributed by atoms with E-state index in [-0.39, 0.29) is 9.77 Å². The Balaban J connectivity index is 1.48. The fourth-order valence-electron chi connectivity index (χ4n) is 3.64. The van der Waals surface area contributed by atoms with Crippen LogP contribution in [0.1, 0.15) is 20.8 Å². The summed E-state index contributed by atoms with van der Waals surface area (Å²) in [4.78, 5) is 15.3. The summed E-state index contributed by atoms with van der Waals surface area (Å²) in [6.45, 7) is 5.99. The SMILES string of the molecule is Cc1ccc(NC(=O)c2sccc2S(=O)(=O)N2CCN(c3cccc(C)c3)CC2)cc1. The molecule has 1 aliphatic heterocycles.